The van der Waals surface area contributed by atoms with Crippen LogP contribution < -0.4 is 4.90 Å². The van der Waals surface area contributed by atoms with E-state index < -0.39 is 19.1 Å². The molecule has 0 aliphatic heterocycles. The minimum Gasteiger partial charge on any atom is -0.454 e. The molecular formula is C49H33NOS. The summed E-state index contributed by atoms with van der Waals surface area (Å²) in [5, 5.41) is 6.45. The van der Waals surface area contributed by atoms with E-state index in [0.717, 1.165) is 49.6 Å². The van der Waals surface area contributed by atoms with Gasteiger partial charge in [-0.25, -0.2) is 0 Å². The first-order valence-corrected chi connectivity index (χ1v) is 18.2. The predicted molar refractivity (Wildman–Crippen MR) is 222 cm³/mol. The zero-order valence-electron chi connectivity index (χ0n) is 33.9. The lowest BCUT2D eigenvalue weighted by Gasteiger charge is -2.28. The van der Waals surface area contributed by atoms with Gasteiger partial charge < -0.3 is 9.32 Å². The smallest absolute Gasteiger partial charge is 0.159 e. The standard InChI is InChI=1S/C49H33NOS/c1-49(2)40-19-7-5-14-34(40)35-27-26-33(29-41(35)49)50(32-25-24-30-12-3-4-13-31(30)28-32)42-20-9-18-39-46-36(16-10-21-43(46)51-48(39)42)37-17-11-23-45-47(37)38-15-6-8-22-44(38)52-45/h3-29H,1-2H3/i1D3,2D3. The highest BCUT2D eigenvalue weighted by molar-refractivity contribution is 7.25. The topological polar surface area (TPSA) is 16.4 Å². The Morgan fingerprint density at radius 2 is 1.19 bits per heavy atom. The average Bonchev–Trinajstić information content (AvgIpc) is 3.89. The number of fused-ring (bicyclic) bond motifs is 10. The second-order valence-electron chi connectivity index (χ2n) is 13.6. The van der Waals surface area contributed by atoms with E-state index in [9.17, 15) is 0 Å². The minimum atomic E-state index is -2.89. The fourth-order valence-electron chi connectivity index (χ4n) is 8.38. The number of hydrogen-bond donors (Lipinski definition) is 0. The number of benzene rings is 8. The Morgan fingerprint density at radius 1 is 0.519 bits per heavy atom. The fraction of sp³-hybridized carbons (Fsp3) is 0.0612. The summed E-state index contributed by atoms with van der Waals surface area (Å²) in [6.45, 7) is -5.78. The van der Waals surface area contributed by atoms with Crippen molar-refractivity contribution in [3.05, 3.63) is 175 Å². The van der Waals surface area contributed by atoms with Crippen LogP contribution in [0.4, 0.5) is 17.1 Å². The molecule has 3 heteroatoms. The van der Waals surface area contributed by atoms with Gasteiger partial charge in [-0.15, -0.1) is 11.3 Å². The van der Waals surface area contributed by atoms with Crippen LogP contribution >= 0.6 is 11.3 Å². The number of anilines is 3. The van der Waals surface area contributed by atoms with Gasteiger partial charge in [0.25, 0.3) is 0 Å². The van der Waals surface area contributed by atoms with Gasteiger partial charge in [-0.2, -0.15) is 0 Å². The number of rotatable bonds is 4. The molecule has 52 heavy (non-hydrogen) atoms. The van der Waals surface area contributed by atoms with Crippen LogP contribution in [-0.2, 0) is 5.41 Å². The van der Waals surface area contributed by atoms with Gasteiger partial charge in [0.05, 0.1) is 5.69 Å². The Labute approximate surface area is 314 Å². The van der Waals surface area contributed by atoms with Crippen LogP contribution in [0.15, 0.2) is 168 Å². The Morgan fingerprint density at radius 3 is 2.12 bits per heavy atom. The third-order valence-electron chi connectivity index (χ3n) is 10.7. The molecule has 8 aromatic carbocycles. The number of thiophene rings is 1. The Balaban J connectivity index is 1.19. The lowest BCUT2D eigenvalue weighted by atomic mass is 9.82. The van der Waals surface area contributed by atoms with Gasteiger partial charge in [0.15, 0.2) is 5.58 Å². The summed E-state index contributed by atoms with van der Waals surface area (Å²) in [7, 11) is 0. The second-order valence-corrected chi connectivity index (χ2v) is 14.7. The Hall–Kier alpha value is -6.16. The highest BCUT2D eigenvalue weighted by atomic mass is 32.1. The van der Waals surface area contributed by atoms with Gasteiger partial charge in [-0.05, 0) is 92.7 Å². The molecule has 0 N–H and O–H groups in total. The van der Waals surface area contributed by atoms with Crippen molar-refractivity contribution >= 4 is 81.3 Å². The van der Waals surface area contributed by atoms with Crippen molar-refractivity contribution in [3.8, 4) is 22.3 Å². The number of nitrogens with zero attached hydrogens (tertiary/aromatic N) is 1. The zero-order chi connectivity index (χ0) is 39.6. The predicted octanol–water partition coefficient (Wildman–Crippen LogP) is 14.6. The van der Waals surface area contributed by atoms with Gasteiger partial charge in [-0.3, -0.25) is 0 Å². The van der Waals surface area contributed by atoms with Crippen molar-refractivity contribution in [3.63, 3.8) is 0 Å². The summed E-state index contributed by atoms with van der Waals surface area (Å²) in [5.41, 5.74) is 5.27. The van der Waals surface area contributed by atoms with Crippen molar-refractivity contribution in [1.82, 2.24) is 0 Å². The van der Waals surface area contributed by atoms with Crippen molar-refractivity contribution in [2.75, 3.05) is 4.90 Å². The third kappa shape index (κ3) is 4.17. The first-order chi connectivity index (χ1) is 28.0. The van der Waals surface area contributed by atoms with E-state index >= 15 is 0 Å². The molecule has 0 amide bonds. The van der Waals surface area contributed by atoms with E-state index in [1.807, 2.05) is 66.7 Å². The monoisotopic (exact) mass is 689 g/mol. The lowest BCUT2D eigenvalue weighted by Crippen LogP contribution is -2.16. The first-order valence-electron chi connectivity index (χ1n) is 20.4. The maximum absolute atomic E-state index is 8.88. The largest absolute Gasteiger partial charge is 0.454 e. The molecule has 10 aromatic rings. The molecule has 246 valence electrons. The summed E-state index contributed by atoms with van der Waals surface area (Å²) in [4.78, 5) is 2.07. The number of furan rings is 1. The van der Waals surface area contributed by atoms with E-state index in [1.165, 1.54) is 20.2 Å². The third-order valence-corrected chi connectivity index (χ3v) is 11.8. The lowest BCUT2D eigenvalue weighted by molar-refractivity contribution is 0.660. The molecule has 2 aromatic heterocycles. The molecule has 1 aliphatic carbocycles. The van der Waals surface area contributed by atoms with E-state index in [0.29, 0.717) is 28.0 Å². The molecule has 0 saturated carbocycles. The Bertz CT molecular complexity index is 3290. The summed E-state index contributed by atoms with van der Waals surface area (Å²) in [6.07, 6.45) is 0. The van der Waals surface area contributed by atoms with E-state index in [2.05, 4.69) is 83.8 Å². The van der Waals surface area contributed by atoms with Gasteiger partial charge >= 0.3 is 0 Å². The zero-order valence-corrected chi connectivity index (χ0v) is 28.7. The van der Waals surface area contributed by atoms with Crippen LogP contribution in [0.5, 0.6) is 0 Å². The van der Waals surface area contributed by atoms with Crippen LogP contribution in [-0.4, -0.2) is 0 Å². The fourth-order valence-corrected chi connectivity index (χ4v) is 9.51. The molecule has 0 saturated heterocycles. The van der Waals surface area contributed by atoms with Gasteiger partial charge in [0, 0.05) is 56.0 Å². The van der Waals surface area contributed by atoms with E-state index in [-0.39, 0.29) is 5.56 Å². The average molecular weight is 690 g/mol. The molecule has 0 fully saturated rings. The maximum Gasteiger partial charge on any atom is 0.159 e. The SMILES string of the molecule is [2H]C([2H])([2H])C1(C([2H])([2H])[2H])c2ccccc2-c2ccc(N(c3ccc4ccccc4c3)c3cccc4c3oc3cccc(-c5cccc6sc7ccccc7c56)c34)cc21. The van der Waals surface area contributed by atoms with E-state index in [1.54, 1.807) is 29.5 Å². The number of hydrogen-bond acceptors (Lipinski definition) is 3. The number of para-hydroxylation sites is 1. The minimum absolute atomic E-state index is 0.257. The summed E-state index contributed by atoms with van der Waals surface area (Å²) in [6, 6.07) is 54.3. The van der Waals surface area contributed by atoms with E-state index in [4.69, 9.17) is 12.6 Å². The van der Waals surface area contributed by atoms with Gasteiger partial charge in [-0.1, -0.05) is 129 Å². The summed E-state index contributed by atoms with van der Waals surface area (Å²) in [5.74, 6) is 0. The molecule has 0 unspecified atom stereocenters. The van der Waals surface area contributed by atoms with Gasteiger partial charge in [0.1, 0.15) is 5.58 Å². The molecule has 2 heterocycles. The molecular weight excluding hydrogens is 651 g/mol. The van der Waals surface area contributed by atoms with Crippen molar-refractivity contribution < 1.29 is 12.6 Å². The van der Waals surface area contributed by atoms with Crippen LogP contribution in [0.1, 0.15) is 33.1 Å². The molecule has 0 spiro atoms. The van der Waals surface area contributed by atoms with Gasteiger partial charge in [0.2, 0.25) is 0 Å². The molecule has 11 rings (SSSR count). The summed E-state index contributed by atoms with van der Waals surface area (Å²) < 4.78 is 62.7. The van der Waals surface area contributed by atoms with Crippen LogP contribution in [0.3, 0.4) is 0 Å². The molecule has 2 nitrogen and oxygen atoms in total. The van der Waals surface area contributed by atoms with Crippen molar-refractivity contribution in [2.24, 2.45) is 0 Å². The first kappa shape index (κ1) is 24.1. The molecule has 1 aliphatic rings. The molecule has 0 atom stereocenters. The quantitative estimate of drug-likeness (QED) is 0.183. The maximum atomic E-state index is 8.88. The Kier molecular flexibility index (Phi) is 5.06. The highest BCUT2D eigenvalue weighted by Crippen LogP contribution is 2.52. The molecule has 0 bridgehead atoms. The second kappa shape index (κ2) is 10.9. The normalized spacial score (nSPS) is 15.5. The van der Waals surface area contributed by atoms with Crippen LogP contribution in [0, 0.1) is 0 Å². The van der Waals surface area contributed by atoms with Crippen molar-refractivity contribution in [2.45, 2.75) is 19.1 Å². The van der Waals surface area contributed by atoms with Crippen molar-refractivity contribution in [1.29, 1.82) is 0 Å². The molecule has 0 radical (unpaired) electrons. The van der Waals surface area contributed by atoms with Crippen LogP contribution in [0.2, 0.25) is 0 Å². The summed E-state index contributed by atoms with van der Waals surface area (Å²) >= 11 is 1.79. The highest BCUT2D eigenvalue weighted by Gasteiger charge is 2.36. The van der Waals surface area contributed by atoms with Crippen LogP contribution in [0.25, 0.3) is 75.1 Å².